The van der Waals surface area contributed by atoms with Crippen LogP contribution in [0.1, 0.15) is 182 Å². The molecule has 1 saturated carbocycles. The first-order valence-corrected chi connectivity index (χ1v) is 21.9. The number of esters is 2. The third kappa shape index (κ3) is 25.1. The molecule has 10 heteroatoms. The molecule has 0 heterocycles. The molecule has 0 aliphatic heterocycles. The summed E-state index contributed by atoms with van der Waals surface area (Å²) in [5.41, 5.74) is 0.138. The lowest BCUT2D eigenvalue weighted by atomic mass is 9.71. The van der Waals surface area contributed by atoms with Crippen molar-refractivity contribution in [1.29, 1.82) is 0 Å². The lowest BCUT2D eigenvalue weighted by molar-refractivity contribution is -0.155. The van der Waals surface area contributed by atoms with Crippen molar-refractivity contribution in [2.24, 2.45) is 11.3 Å². The van der Waals surface area contributed by atoms with Crippen LogP contribution in [0, 0.1) is 11.3 Å². The molecule has 0 radical (unpaired) electrons. The van der Waals surface area contributed by atoms with Gasteiger partial charge in [-0.15, -0.1) is 0 Å². The van der Waals surface area contributed by atoms with Gasteiger partial charge in [-0.2, -0.15) is 0 Å². The zero-order valence-electron chi connectivity index (χ0n) is 35.9. The number of nitrogens with zero attached hydrogens (tertiary/aromatic N) is 2. The fourth-order valence-corrected chi connectivity index (χ4v) is 7.26. The molecule has 0 spiro atoms. The van der Waals surface area contributed by atoms with E-state index in [1.165, 1.54) is 64.2 Å². The Bertz CT molecular complexity index is 1000. The average molecular weight is 767 g/mol. The Morgan fingerprint density at radius 1 is 0.519 bits per heavy atom. The lowest BCUT2D eigenvalue weighted by Crippen LogP contribution is -2.44. The molecule has 1 rings (SSSR count). The van der Waals surface area contributed by atoms with Crippen molar-refractivity contribution in [3.05, 3.63) is 0 Å². The molecule has 3 atom stereocenters. The van der Waals surface area contributed by atoms with Crippen LogP contribution in [0.2, 0.25) is 0 Å². The van der Waals surface area contributed by atoms with Gasteiger partial charge >= 0.3 is 11.9 Å². The molecule has 0 bridgehead atoms. The van der Waals surface area contributed by atoms with Crippen molar-refractivity contribution in [1.82, 2.24) is 9.80 Å². The normalized spacial score (nSPS) is 17.3. The number of unbranched alkanes of at least 4 members (excludes halogenated alkanes) is 16. The summed E-state index contributed by atoms with van der Waals surface area (Å²) in [6, 6.07) is 0. The average Bonchev–Trinajstić information content (AvgIpc) is 3.13. The lowest BCUT2D eigenvalue weighted by Gasteiger charge is -2.41. The van der Waals surface area contributed by atoms with Crippen LogP contribution in [0.5, 0.6) is 0 Å². The van der Waals surface area contributed by atoms with Gasteiger partial charge in [-0.1, -0.05) is 111 Å². The summed E-state index contributed by atoms with van der Waals surface area (Å²) in [5, 5.41) is 0. The van der Waals surface area contributed by atoms with Crippen LogP contribution in [0.15, 0.2) is 0 Å². The zero-order valence-corrected chi connectivity index (χ0v) is 35.9. The molecule has 316 valence electrons. The van der Waals surface area contributed by atoms with E-state index in [2.05, 4.69) is 20.8 Å². The van der Waals surface area contributed by atoms with E-state index in [4.69, 9.17) is 18.9 Å². The molecule has 10 nitrogen and oxygen atoms in total. The Morgan fingerprint density at radius 2 is 0.870 bits per heavy atom. The first-order valence-electron chi connectivity index (χ1n) is 21.9. The molecule has 2 amide bonds. The maximum atomic E-state index is 13.0. The van der Waals surface area contributed by atoms with Crippen LogP contribution in [-0.2, 0) is 38.1 Å². The molecule has 3 unspecified atom stereocenters. The number of hydrogen-bond acceptors (Lipinski definition) is 8. The molecular formula is C44H82N2O8. The number of ether oxygens (including phenoxy) is 4. The van der Waals surface area contributed by atoms with Gasteiger partial charge in [-0.3, -0.25) is 19.2 Å². The molecule has 1 aliphatic carbocycles. The predicted octanol–water partition coefficient (Wildman–Crippen LogP) is 9.45. The first kappa shape index (κ1) is 49.8. The molecule has 0 aromatic rings. The Labute approximate surface area is 330 Å². The van der Waals surface area contributed by atoms with Gasteiger partial charge in [0.2, 0.25) is 11.8 Å². The van der Waals surface area contributed by atoms with Crippen molar-refractivity contribution in [3.8, 4) is 0 Å². The number of carbonyl (C=O) groups excluding carboxylic acids is 4. The number of amides is 2. The van der Waals surface area contributed by atoms with E-state index < -0.39 is 0 Å². The zero-order chi connectivity index (χ0) is 40.0. The second-order valence-corrected chi connectivity index (χ2v) is 16.7. The maximum absolute atomic E-state index is 13.0. The molecule has 0 saturated heterocycles. The Morgan fingerprint density at radius 3 is 1.24 bits per heavy atom. The number of carbonyl (C=O) groups is 4. The van der Waals surface area contributed by atoms with E-state index in [-0.39, 0.29) is 54.6 Å². The van der Waals surface area contributed by atoms with E-state index >= 15 is 0 Å². The Balaban J connectivity index is 2.28. The van der Waals surface area contributed by atoms with E-state index in [0.29, 0.717) is 32.0 Å². The largest absolute Gasteiger partial charge is 0.466 e. The molecule has 1 fully saturated rings. The Kier molecular flexibility index (Phi) is 28.6. The SMILES string of the molecule is CCOC(=O)CCCCCCCCCCCN(C)C(=O)COC1CCC(C(C)(C)C)CC1OCC(=O)N(C)CCCCCCCCCCCC(=O)OCC. The Hall–Kier alpha value is -2.20. The first-order chi connectivity index (χ1) is 25.9. The van der Waals surface area contributed by atoms with Crippen LogP contribution in [0.4, 0.5) is 0 Å². The van der Waals surface area contributed by atoms with Crippen molar-refractivity contribution in [3.63, 3.8) is 0 Å². The van der Waals surface area contributed by atoms with Crippen molar-refractivity contribution in [2.75, 3.05) is 53.6 Å². The summed E-state index contributed by atoms with van der Waals surface area (Å²) in [6.45, 7) is 12.9. The minimum atomic E-state index is -0.207. The van der Waals surface area contributed by atoms with Crippen LogP contribution in [0.3, 0.4) is 0 Å². The van der Waals surface area contributed by atoms with Crippen LogP contribution < -0.4 is 0 Å². The molecule has 0 N–H and O–H groups in total. The highest BCUT2D eigenvalue weighted by atomic mass is 16.5. The second-order valence-electron chi connectivity index (χ2n) is 16.7. The highest BCUT2D eigenvalue weighted by Crippen LogP contribution is 2.39. The quantitative estimate of drug-likeness (QED) is 0.0492. The summed E-state index contributed by atoms with van der Waals surface area (Å²) in [4.78, 5) is 52.4. The van der Waals surface area contributed by atoms with Gasteiger partial charge in [-0.05, 0) is 70.1 Å². The minimum absolute atomic E-state index is 0.00337. The number of likely N-dealkylation sites (N-methyl/N-ethyl adjacent to an activating group) is 2. The molecule has 54 heavy (non-hydrogen) atoms. The van der Waals surface area contributed by atoms with E-state index in [0.717, 1.165) is 83.7 Å². The summed E-state index contributed by atoms with van der Waals surface area (Å²) in [6.07, 6.45) is 23.5. The highest BCUT2D eigenvalue weighted by Gasteiger charge is 2.38. The molecule has 0 aromatic heterocycles. The van der Waals surface area contributed by atoms with Crippen molar-refractivity contribution < 1.29 is 38.1 Å². The summed E-state index contributed by atoms with van der Waals surface area (Å²) in [7, 11) is 3.72. The molecule has 1 aliphatic rings. The smallest absolute Gasteiger partial charge is 0.305 e. The van der Waals surface area contributed by atoms with Gasteiger partial charge < -0.3 is 28.7 Å². The van der Waals surface area contributed by atoms with E-state index in [9.17, 15) is 19.2 Å². The van der Waals surface area contributed by atoms with E-state index in [1.54, 1.807) is 9.80 Å². The predicted molar refractivity (Wildman–Crippen MR) is 217 cm³/mol. The summed E-state index contributed by atoms with van der Waals surface area (Å²) < 4.78 is 22.5. The monoisotopic (exact) mass is 767 g/mol. The van der Waals surface area contributed by atoms with Crippen LogP contribution >= 0.6 is 0 Å². The fourth-order valence-electron chi connectivity index (χ4n) is 7.26. The maximum Gasteiger partial charge on any atom is 0.305 e. The number of hydrogen-bond donors (Lipinski definition) is 0. The third-order valence-electron chi connectivity index (χ3n) is 11.0. The van der Waals surface area contributed by atoms with Gasteiger partial charge in [0.05, 0.1) is 25.4 Å². The van der Waals surface area contributed by atoms with Crippen molar-refractivity contribution in [2.45, 2.75) is 195 Å². The van der Waals surface area contributed by atoms with Crippen LogP contribution in [-0.4, -0.2) is 99.4 Å². The summed E-state index contributed by atoms with van der Waals surface area (Å²) in [5.74, 6) is 0.292. The van der Waals surface area contributed by atoms with Gasteiger partial charge in [0.25, 0.3) is 0 Å². The van der Waals surface area contributed by atoms with Gasteiger partial charge in [-0.25, -0.2) is 0 Å². The minimum Gasteiger partial charge on any atom is -0.466 e. The van der Waals surface area contributed by atoms with Crippen LogP contribution in [0.25, 0.3) is 0 Å². The second kappa shape index (κ2) is 31.0. The third-order valence-corrected chi connectivity index (χ3v) is 11.0. The molecule has 0 aromatic carbocycles. The number of rotatable bonds is 32. The summed E-state index contributed by atoms with van der Waals surface area (Å²) >= 11 is 0. The highest BCUT2D eigenvalue weighted by molar-refractivity contribution is 5.77. The standard InChI is InChI=1S/C44H82N2O8/c1-8-51-42(49)28-24-20-16-12-10-14-18-22-26-32-45(6)40(47)35-53-38-31-30-37(44(3,4)5)34-39(38)54-36-41(48)46(7)33-27-23-19-15-11-13-17-21-25-29-43(50)52-9-2/h37-39H,8-36H2,1-7H3. The van der Waals surface area contributed by atoms with Gasteiger partial charge in [0.1, 0.15) is 13.2 Å². The van der Waals surface area contributed by atoms with Gasteiger partial charge in [0.15, 0.2) is 0 Å². The molecular weight excluding hydrogens is 684 g/mol. The van der Waals surface area contributed by atoms with E-state index in [1.807, 2.05) is 27.9 Å². The fraction of sp³-hybridized carbons (Fsp3) is 0.909. The van der Waals surface area contributed by atoms with Gasteiger partial charge in [0, 0.05) is 40.0 Å². The topological polar surface area (TPSA) is 112 Å². The van der Waals surface area contributed by atoms with Crippen molar-refractivity contribution >= 4 is 23.8 Å².